The fourth-order valence-corrected chi connectivity index (χ4v) is 3.30. The summed E-state index contributed by atoms with van der Waals surface area (Å²) in [6, 6.07) is 9.74. The molecule has 0 saturated heterocycles. The number of nitrogens with zero attached hydrogens (tertiary/aromatic N) is 4. The van der Waals surface area contributed by atoms with Crippen LogP contribution in [0, 0.1) is 0 Å². The van der Waals surface area contributed by atoms with Gasteiger partial charge in [-0.25, -0.2) is 4.68 Å². The molecule has 0 unspecified atom stereocenters. The zero-order valence-electron chi connectivity index (χ0n) is 11.8. The molecule has 1 aromatic carbocycles. The molecule has 0 saturated carbocycles. The Morgan fingerprint density at radius 2 is 2.27 bits per heavy atom. The molecule has 2 aromatic heterocycles. The predicted molar refractivity (Wildman–Crippen MR) is 85.9 cm³/mol. The second-order valence-corrected chi connectivity index (χ2v) is 6.25. The molecule has 6 nitrogen and oxygen atoms in total. The van der Waals surface area contributed by atoms with Gasteiger partial charge in [0.15, 0.2) is 0 Å². The largest absolute Gasteiger partial charge is 0.496 e. The maximum atomic E-state index is 5.32. The summed E-state index contributed by atoms with van der Waals surface area (Å²) in [4.78, 5) is 0. The molecule has 8 heteroatoms. The zero-order valence-corrected chi connectivity index (χ0v) is 14.2. The Bertz CT molecular complexity index is 745. The van der Waals surface area contributed by atoms with Crippen LogP contribution in [0.2, 0.25) is 0 Å². The van der Waals surface area contributed by atoms with Gasteiger partial charge in [-0.2, -0.15) is 0 Å². The maximum absolute atomic E-state index is 5.32. The van der Waals surface area contributed by atoms with E-state index in [-0.39, 0.29) is 0 Å². The van der Waals surface area contributed by atoms with Gasteiger partial charge in [-0.3, -0.25) is 0 Å². The first kappa shape index (κ1) is 15.1. The van der Waals surface area contributed by atoms with Gasteiger partial charge in [0, 0.05) is 5.75 Å². The van der Waals surface area contributed by atoms with Crippen LogP contribution in [0.5, 0.6) is 5.75 Å². The van der Waals surface area contributed by atoms with E-state index in [9.17, 15) is 0 Å². The van der Waals surface area contributed by atoms with Gasteiger partial charge in [-0.05, 0) is 56.2 Å². The van der Waals surface area contributed by atoms with E-state index in [4.69, 9.17) is 9.15 Å². The van der Waals surface area contributed by atoms with Crippen molar-refractivity contribution in [2.24, 2.45) is 0 Å². The minimum atomic E-state index is 0.522. The second-order valence-electron chi connectivity index (χ2n) is 4.46. The normalized spacial score (nSPS) is 10.8. The number of halogens is 1. The molecule has 3 rings (SSSR count). The van der Waals surface area contributed by atoms with E-state index in [0.717, 1.165) is 32.5 Å². The van der Waals surface area contributed by atoms with E-state index in [2.05, 4.69) is 31.5 Å². The van der Waals surface area contributed by atoms with Crippen molar-refractivity contribution in [2.45, 2.75) is 17.5 Å². The quantitative estimate of drug-likeness (QED) is 0.610. The predicted octanol–water partition coefficient (Wildman–Crippen LogP) is 3.38. The third-order valence-electron chi connectivity index (χ3n) is 2.97. The van der Waals surface area contributed by atoms with E-state index in [1.165, 1.54) is 0 Å². The third-order valence-corrected chi connectivity index (χ3v) is 4.62. The van der Waals surface area contributed by atoms with Crippen molar-refractivity contribution in [1.29, 1.82) is 0 Å². The summed E-state index contributed by atoms with van der Waals surface area (Å²) >= 11 is 5.06. The summed E-state index contributed by atoms with van der Waals surface area (Å²) in [7, 11) is 1.65. The summed E-state index contributed by atoms with van der Waals surface area (Å²) < 4.78 is 13.2. The first-order chi connectivity index (χ1) is 10.8. The number of tetrazole rings is 1. The van der Waals surface area contributed by atoms with Crippen LogP contribution in [0.25, 0.3) is 0 Å². The van der Waals surface area contributed by atoms with E-state index in [0.29, 0.717) is 6.54 Å². The highest BCUT2D eigenvalue weighted by molar-refractivity contribution is 9.10. The van der Waals surface area contributed by atoms with Gasteiger partial charge >= 0.3 is 0 Å². The molecule has 0 atom stereocenters. The van der Waals surface area contributed by atoms with Crippen molar-refractivity contribution >= 4 is 27.7 Å². The number of hydrogen-bond acceptors (Lipinski definition) is 6. The molecular formula is C14H13BrN4O2S. The monoisotopic (exact) mass is 380 g/mol. The topological polar surface area (TPSA) is 66.0 Å². The Balaban J connectivity index is 1.67. The highest BCUT2D eigenvalue weighted by atomic mass is 79.9. The summed E-state index contributed by atoms with van der Waals surface area (Å²) in [5.74, 6) is 2.40. The van der Waals surface area contributed by atoms with Crippen LogP contribution in [0.15, 0.2) is 50.6 Å². The molecule has 0 spiro atoms. The number of hydrogen-bond donors (Lipinski definition) is 0. The van der Waals surface area contributed by atoms with Crippen LogP contribution in [-0.2, 0) is 12.3 Å². The van der Waals surface area contributed by atoms with Crippen molar-refractivity contribution < 1.29 is 9.15 Å². The Hall–Kier alpha value is -1.80. The molecule has 0 N–H and O–H groups in total. The molecule has 0 amide bonds. The Morgan fingerprint density at radius 3 is 3.00 bits per heavy atom. The average Bonchev–Trinajstić information content (AvgIpc) is 3.18. The van der Waals surface area contributed by atoms with Crippen LogP contribution >= 0.6 is 27.7 Å². The summed E-state index contributed by atoms with van der Waals surface area (Å²) in [5, 5.41) is 12.5. The summed E-state index contributed by atoms with van der Waals surface area (Å²) in [5.41, 5.74) is 1.16. The third kappa shape index (κ3) is 3.50. The van der Waals surface area contributed by atoms with Crippen LogP contribution in [-0.4, -0.2) is 27.3 Å². The van der Waals surface area contributed by atoms with Gasteiger partial charge < -0.3 is 9.15 Å². The molecule has 114 valence electrons. The lowest BCUT2D eigenvalue weighted by Crippen LogP contribution is -2.03. The molecule has 0 aliphatic heterocycles. The molecule has 2 heterocycles. The minimum Gasteiger partial charge on any atom is -0.496 e. The highest BCUT2D eigenvalue weighted by Gasteiger charge is 2.10. The molecule has 0 fully saturated rings. The van der Waals surface area contributed by atoms with E-state index >= 15 is 0 Å². The molecular weight excluding hydrogens is 368 g/mol. The van der Waals surface area contributed by atoms with Gasteiger partial charge in [0.05, 0.1) is 17.8 Å². The first-order valence-corrected chi connectivity index (χ1v) is 8.28. The minimum absolute atomic E-state index is 0.522. The molecule has 0 aliphatic carbocycles. The van der Waals surface area contributed by atoms with E-state index in [1.54, 1.807) is 29.8 Å². The van der Waals surface area contributed by atoms with Crippen LogP contribution in [0.1, 0.15) is 11.3 Å². The number of ether oxygens (including phenoxy) is 1. The van der Waals surface area contributed by atoms with Crippen LogP contribution in [0.3, 0.4) is 0 Å². The second kappa shape index (κ2) is 6.97. The van der Waals surface area contributed by atoms with Crippen molar-refractivity contribution in [3.05, 3.63) is 52.4 Å². The fourth-order valence-electron chi connectivity index (χ4n) is 1.90. The number of rotatable bonds is 6. The lowest BCUT2D eigenvalue weighted by atomic mass is 10.2. The van der Waals surface area contributed by atoms with Gasteiger partial charge in [-0.1, -0.05) is 17.8 Å². The maximum Gasteiger partial charge on any atom is 0.210 e. The SMILES string of the molecule is COc1ccc(CSc2nnnn2Cc2ccco2)cc1Br. The molecule has 0 aliphatic rings. The lowest BCUT2D eigenvalue weighted by Gasteiger charge is -2.06. The van der Waals surface area contributed by atoms with Crippen LogP contribution < -0.4 is 4.74 Å². The Kier molecular flexibility index (Phi) is 4.79. The number of methoxy groups -OCH3 is 1. The highest BCUT2D eigenvalue weighted by Crippen LogP contribution is 2.28. The van der Waals surface area contributed by atoms with Crippen molar-refractivity contribution in [3.8, 4) is 5.75 Å². The van der Waals surface area contributed by atoms with E-state index in [1.807, 2.05) is 30.3 Å². The van der Waals surface area contributed by atoms with Crippen molar-refractivity contribution in [3.63, 3.8) is 0 Å². The van der Waals surface area contributed by atoms with Gasteiger partial charge in [0.2, 0.25) is 5.16 Å². The summed E-state index contributed by atoms with van der Waals surface area (Å²) in [6.07, 6.45) is 1.64. The number of aromatic nitrogens is 4. The Labute approximate surface area is 140 Å². The number of thioether (sulfide) groups is 1. The molecule has 0 bridgehead atoms. The number of benzene rings is 1. The fraction of sp³-hybridized carbons (Fsp3) is 0.214. The van der Waals surface area contributed by atoms with Gasteiger partial charge in [-0.15, -0.1) is 5.10 Å². The molecule has 0 radical (unpaired) electrons. The first-order valence-electron chi connectivity index (χ1n) is 6.50. The molecule has 22 heavy (non-hydrogen) atoms. The van der Waals surface area contributed by atoms with Crippen molar-refractivity contribution in [1.82, 2.24) is 20.2 Å². The van der Waals surface area contributed by atoms with Gasteiger partial charge in [0.25, 0.3) is 0 Å². The summed E-state index contributed by atoms with van der Waals surface area (Å²) in [6.45, 7) is 0.522. The number of furan rings is 1. The smallest absolute Gasteiger partial charge is 0.210 e. The lowest BCUT2D eigenvalue weighted by molar-refractivity contribution is 0.412. The standard InChI is InChI=1S/C14H13BrN4O2S/c1-20-13-5-4-10(7-12(13)15)9-22-14-16-17-18-19(14)8-11-3-2-6-21-11/h2-7H,8-9H2,1H3. The van der Waals surface area contributed by atoms with Gasteiger partial charge in [0.1, 0.15) is 18.1 Å². The molecule has 3 aromatic rings. The Morgan fingerprint density at radius 1 is 1.36 bits per heavy atom. The van der Waals surface area contributed by atoms with Crippen molar-refractivity contribution in [2.75, 3.05) is 7.11 Å². The zero-order chi connectivity index (χ0) is 15.4. The average molecular weight is 381 g/mol. The van der Waals surface area contributed by atoms with E-state index < -0.39 is 0 Å². The van der Waals surface area contributed by atoms with Crippen LogP contribution in [0.4, 0.5) is 0 Å².